The Labute approximate surface area is 100 Å². The van der Waals surface area contributed by atoms with Gasteiger partial charge in [0.15, 0.2) is 0 Å². The third-order valence-corrected chi connectivity index (χ3v) is 3.07. The zero-order chi connectivity index (χ0) is 12.3. The van der Waals surface area contributed by atoms with Crippen molar-refractivity contribution in [2.75, 3.05) is 18.0 Å². The molecular formula is C13H14N2O2. The highest BCUT2D eigenvalue weighted by Crippen LogP contribution is 2.37. The van der Waals surface area contributed by atoms with Gasteiger partial charge in [0.05, 0.1) is 18.9 Å². The summed E-state index contributed by atoms with van der Waals surface area (Å²) in [7, 11) is 0. The number of hydrogen-bond acceptors (Lipinski definition) is 3. The minimum atomic E-state index is -0.771. The van der Waals surface area contributed by atoms with Gasteiger partial charge in [0.2, 0.25) is 0 Å². The topological polar surface area (TPSA) is 64.3 Å². The van der Waals surface area contributed by atoms with Gasteiger partial charge in [-0.05, 0) is 11.6 Å². The molecule has 1 aliphatic rings. The summed E-state index contributed by atoms with van der Waals surface area (Å²) in [5.41, 5.74) is 2.17. The minimum absolute atomic E-state index is 0.0439. The Morgan fingerprint density at radius 1 is 1.53 bits per heavy atom. The molecule has 0 radical (unpaired) electrons. The molecule has 4 nitrogen and oxygen atoms in total. The van der Waals surface area contributed by atoms with Gasteiger partial charge in [0, 0.05) is 24.7 Å². The summed E-state index contributed by atoms with van der Waals surface area (Å²) >= 11 is 0. The smallest absolute Gasteiger partial charge is 0.304 e. The third kappa shape index (κ3) is 2.39. The molecule has 1 aromatic rings. The molecule has 1 atom stereocenters. The van der Waals surface area contributed by atoms with Crippen molar-refractivity contribution in [1.29, 1.82) is 5.26 Å². The maximum atomic E-state index is 10.8. The SMILES string of the molecule is N#CCCN1CC(CC(=O)O)c2ccccc21. The maximum absolute atomic E-state index is 10.8. The molecule has 0 saturated heterocycles. The molecular weight excluding hydrogens is 216 g/mol. The van der Waals surface area contributed by atoms with E-state index in [4.69, 9.17) is 10.4 Å². The summed E-state index contributed by atoms with van der Waals surface area (Å²) in [5.74, 6) is -0.727. The van der Waals surface area contributed by atoms with Crippen molar-refractivity contribution in [2.45, 2.75) is 18.8 Å². The second-order valence-corrected chi connectivity index (χ2v) is 4.21. The number of nitrogens with zero attached hydrogens (tertiary/aromatic N) is 2. The number of para-hydroxylation sites is 1. The second kappa shape index (κ2) is 4.88. The quantitative estimate of drug-likeness (QED) is 0.859. The highest BCUT2D eigenvalue weighted by molar-refractivity contribution is 5.71. The van der Waals surface area contributed by atoms with Crippen LogP contribution in [-0.4, -0.2) is 24.2 Å². The van der Waals surface area contributed by atoms with Crippen LogP contribution < -0.4 is 4.90 Å². The van der Waals surface area contributed by atoms with Crippen LogP contribution in [-0.2, 0) is 4.79 Å². The summed E-state index contributed by atoms with van der Waals surface area (Å²) < 4.78 is 0. The van der Waals surface area contributed by atoms with Crippen molar-refractivity contribution >= 4 is 11.7 Å². The average molecular weight is 230 g/mol. The molecule has 0 aliphatic carbocycles. The number of anilines is 1. The molecule has 1 aromatic carbocycles. The lowest BCUT2D eigenvalue weighted by Crippen LogP contribution is -2.23. The van der Waals surface area contributed by atoms with Crippen molar-refractivity contribution in [1.82, 2.24) is 0 Å². The summed E-state index contributed by atoms with van der Waals surface area (Å²) in [5, 5.41) is 17.5. The lowest BCUT2D eigenvalue weighted by molar-refractivity contribution is -0.137. The van der Waals surface area contributed by atoms with Crippen LogP contribution in [0.15, 0.2) is 24.3 Å². The van der Waals surface area contributed by atoms with Crippen molar-refractivity contribution in [2.24, 2.45) is 0 Å². The number of carboxylic acid groups (broad SMARTS) is 1. The van der Waals surface area contributed by atoms with Gasteiger partial charge in [-0.2, -0.15) is 5.26 Å². The van der Waals surface area contributed by atoms with Gasteiger partial charge in [-0.15, -0.1) is 0 Å². The van der Waals surface area contributed by atoms with Gasteiger partial charge in [0.1, 0.15) is 0 Å². The van der Waals surface area contributed by atoms with E-state index in [0.717, 1.165) is 11.3 Å². The van der Waals surface area contributed by atoms with E-state index in [1.807, 2.05) is 24.3 Å². The molecule has 1 unspecified atom stereocenters. The van der Waals surface area contributed by atoms with Crippen molar-refractivity contribution in [3.63, 3.8) is 0 Å². The van der Waals surface area contributed by atoms with Gasteiger partial charge in [0.25, 0.3) is 0 Å². The van der Waals surface area contributed by atoms with Crippen LogP contribution >= 0.6 is 0 Å². The third-order valence-electron chi connectivity index (χ3n) is 3.07. The van der Waals surface area contributed by atoms with Gasteiger partial charge < -0.3 is 10.0 Å². The summed E-state index contributed by atoms with van der Waals surface area (Å²) in [6.07, 6.45) is 0.619. The largest absolute Gasteiger partial charge is 0.481 e. The first-order valence-corrected chi connectivity index (χ1v) is 5.65. The zero-order valence-electron chi connectivity index (χ0n) is 9.47. The first kappa shape index (κ1) is 11.5. The van der Waals surface area contributed by atoms with Crippen LogP contribution in [0.1, 0.15) is 24.3 Å². The minimum Gasteiger partial charge on any atom is -0.481 e. The molecule has 17 heavy (non-hydrogen) atoms. The standard InChI is InChI=1S/C13H14N2O2/c14-6-3-7-15-9-10(8-13(16)17)11-4-1-2-5-12(11)15/h1-2,4-5,10H,3,7-9H2,(H,16,17). The monoisotopic (exact) mass is 230 g/mol. The number of hydrogen-bond donors (Lipinski definition) is 1. The summed E-state index contributed by atoms with van der Waals surface area (Å²) in [6.45, 7) is 1.37. The van der Waals surface area contributed by atoms with E-state index in [9.17, 15) is 4.79 Å². The summed E-state index contributed by atoms with van der Waals surface area (Å²) in [4.78, 5) is 12.9. The Morgan fingerprint density at radius 3 is 3.00 bits per heavy atom. The van der Waals surface area contributed by atoms with Crippen LogP contribution in [0.5, 0.6) is 0 Å². The van der Waals surface area contributed by atoms with Crippen LogP contribution in [0.4, 0.5) is 5.69 Å². The Morgan fingerprint density at radius 2 is 2.29 bits per heavy atom. The number of fused-ring (bicyclic) bond motifs is 1. The second-order valence-electron chi connectivity index (χ2n) is 4.21. The van der Waals surface area contributed by atoms with Crippen molar-refractivity contribution in [3.8, 4) is 6.07 Å². The van der Waals surface area contributed by atoms with E-state index in [1.54, 1.807) is 0 Å². The molecule has 4 heteroatoms. The predicted molar refractivity (Wildman–Crippen MR) is 63.9 cm³/mol. The Kier molecular flexibility index (Phi) is 3.29. The van der Waals surface area contributed by atoms with Crippen LogP contribution in [0.25, 0.3) is 0 Å². The van der Waals surface area contributed by atoms with E-state index in [0.29, 0.717) is 19.5 Å². The number of aliphatic carboxylic acids is 1. The van der Waals surface area contributed by atoms with Gasteiger partial charge in [-0.3, -0.25) is 4.79 Å². The zero-order valence-corrected chi connectivity index (χ0v) is 9.47. The molecule has 1 aliphatic heterocycles. The van der Waals surface area contributed by atoms with E-state index in [1.165, 1.54) is 0 Å². The van der Waals surface area contributed by atoms with E-state index in [2.05, 4.69) is 11.0 Å². The molecule has 0 fully saturated rings. The number of nitriles is 1. The number of rotatable bonds is 4. The Balaban J connectivity index is 2.20. The first-order chi connectivity index (χ1) is 8.22. The molecule has 0 amide bonds. The fourth-order valence-corrected chi connectivity index (χ4v) is 2.37. The van der Waals surface area contributed by atoms with Gasteiger partial charge in [-0.1, -0.05) is 18.2 Å². The number of carboxylic acids is 1. The fraction of sp³-hybridized carbons (Fsp3) is 0.385. The number of carbonyl (C=O) groups is 1. The molecule has 0 bridgehead atoms. The first-order valence-electron chi connectivity index (χ1n) is 5.65. The predicted octanol–water partition coefficient (Wildman–Crippen LogP) is 1.98. The highest BCUT2D eigenvalue weighted by Gasteiger charge is 2.29. The molecule has 2 rings (SSSR count). The van der Waals surface area contributed by atoms with Crippen LogP contribution in [0.3, 0.4) is 0 Å². The number of benzene rings is 1. The maximum Gasteiger partial charge on any atom is 0.304 e. The lowest BCUT2D eigenvalue weighted by Gasteiger charge is -2.17. The molecule has 0 saturated carbocycles. The molecule has 0 spiro atoms. The average Bonchev–Trinajstić information content (AvgIpc) is 2.65. The van der Waals surface area contributed by atoms with Gasteiger partial charge >= 0.3 is 5.97 Å². The molecule has 1 N–H and O–H groups in total. The van der Waals surface area contributed by atoms with Crippen LogP contribution in [0.2, 0.25) is 0 Å². The molecule has 88 valence electrons. The van der Waals surface area contributed by atoms with Crippen LogP contribution in [0, 0.1) is 11.3 Å². The van der Waals surface area contributed by atoms with Crippen molar-refractivity contribution in [3.05, 3.63) is 29.8 Å². The van der Waals surface area contributed by atoms with E-state index >= 15 is 0 Å². The molecule has 1 heterocycles. The summed E-state index contributed by atoms with van der Waals surface area (Å²) in [6, 6.07) is 9.98. The van der Waals surface area contributed by atoms with Crippen molar-refractivity contribution < 1.29 is 9.90 Å². The fourth-order valence-electron chi connectivity index (χ4n) is 2.37. The lowest BCUT2D eigenvalue weighted by atomic mass is 9.98. The Bertz CT molecular complexity index is 465. The Hall–Kier alpha value is -2.02. The van der Waals surface area contributed by atoms with E-state index in [-0.39, 0.29) is 12.3 Å². The molecule has 0 aromatic heterocycles. The van der Waals surface area contributed by atoms with Gasteiger partial charge in [-0.25, -0.2) is 0 Å². The van der Waals surface area contributed by atoms with E-state index < -0.39 is 5.97 Å². The highest BCUT2D eigenvalue weighted by atomic mass is 16.4. The normalized spacial score (nSPS) is 17.6.